The summed E-state index contributed by atoms with van der Waals surface area (Å²) in [5.74, 6) is 0.959. The van der Waals surface area contributed by atoms with E-state index in [2.05, 4.69) is 28.9 Å². The van der Waals surface area contributed by atoms with Crippen LogP contribution in [0.15, 0.2) is 30.9 Å². The number of nitrogens with zero attached hydrogens (tertiary/aromatic N) is 1. The quantitative estimate of drug-likeness (QED) is 0.815. The Morgan fingerprint density at radius 2 is 2.33 bits per heavy atom. The van der Waals surface area contributed by atoms with Crippen molar-refractivity contribution in [2.24, 2.45) is 0 Å². The topological polar surface area (TPSA) is 41.6 Å². The second-order valence-corrected chi connectivity index (χ2v) is 5.29. The summed E-state index contributed by atoms with van der Waals surface area (Å²) in [7, 11) is 0. The number of hydrogen-bond donors (Lipinski definition) is 1. The van der Waals surface area contributed by atoms with Gasteiger partial charge in [0.05, 0.1) is 12.6 Å². The van der Waals surface area contributed by atoms with Crippen molar-refractivity contribution in [1.29, 1.82) is 0 Å². The fourth-order valence-corrected chi connectivity index (χ4v) is 2.63. The molecule has 2 rings (SSSR count). The second-order valence-electron chi connectivity index (χ2n) is 5.29. The summed E-state index contributed by atoms with van der Waals surface area (Å²) in [5, 5.41) is 2.86. The monoisotopic (exact) mass is 288 g/mol. The normalized spacial score (nSPS) is 15.9. The van der Waals surface area contributed by atoms with Crippen LogP contribution < -0.4 is 10.1 Å². The van der Waals surface area contributed by atoms with Crippen LogP contribution in [-0.4, -0.2) is 36.5 Å². The van der Waals surface area contributed by atoms with Gasteiger partial charge < -0.3 is 10.1 Å². The molecule has 4 nitrogen and oxygen atoms in total. The van der Waals surface area contributed by atoms with Gasteiger partial charge in [-0.2, -0.15) is 0 Å². The summed E-state index contributed by atoms with van der Waals surface area (Å²) in [5.41, 5.74) is 2.61. The second kappa shape index (κ2) is 7.27. The molecule has 0 spiro atoms. The lowest BCUT2D eigenvalue weighted by Crippen LogP contribution is -2.47. The maximum Gasteiger partial charge on any atom is 0.237 e. The number of amides is 1. The standard InChI is InChI=1S/C17H24N2O2/c1-4-9-18-17(20)13(3)19-10-8-14-6-7-16(21-5-2)11-15(14)12-19/h4,6-7,11,13H,1,5,8-10,12H2,2-3H3,(H,18,20)/t13-/m0/s1. The van der Waals surface area contributed by atoms with Crippen molar-refractivity contribution < 1.29 is 9.53 Å². The van der Waals surface area contributed by atoms with Crippen molar-refractivity contribution in [3.05, 3.63) is 42.0 Å². The zero-order chi connectivity index (χ0) is 15.2. The average Bonchev–Trinajstić information content (AvgIpc) is 2.51. The van der Waals surface area contributed by atoms with Gasteiger partial charge in [-0.05, 0) is 43.5 Å². The van der Waals surface area contributed by atoms with Gasteiger partial charge >= 0.3 is 0 Å². The Labute approximate surface area is 126 Å². The summed E-state index contributed by atoms with van der Waals surface area (Å²) in [6, 6.07) is 6.13. The van der Waals surface area contributed by atoms with E-state index >= 15 is 0 Å². The van der Waals surface area contributed by atoms with Crippen LogP contribution in [0.3, 0.4) is 0 Å². The van der Waals surface area contributed by atoms with Crippen LogP contribution in [0.5, 0.6) is 5.75 Å². The fourth-order valence-electron chi connectivity index (χ4n) is 2.63. The summed E-state index contributed by atoms with van der Waals surface area (Å²) < 4.78 is 5.56. The fraction of sp³-hybridized carbons (Fsp3) is 0.471. The molecule has 1 aliphatic heterocycles. The van der Waals surface area contributed by atoms with Crippen LogP contribution >= 0.6 is 0 Å². The molecule has 0 aromatic heterocycles. The van der Waals surface area contributed by atoms with E-state index in [9.17, 15) is 4.79 Å². The molecule has 0 saturated heterocycles. The zero-order valence-corrected chi connectivity index (χ0v) is 12.9. The molecule has 0 radical (unpaired) electrons. The van der Waals surface area contributed by atoms with Crippen LogP contribution in [0, 0.1) is 0 Å². The molecule has 21 heavy (non-hydrogen) atoms. The minimum absolute atomic E-state index is 0.0549. The Bertz CT molecular complexity index is 514. The van der Waals surface area contributed by atoms with E-state index in [-0.39, 0.29) is 11.9 Å². The largest absolute Gasteiger partial charge is 0.494 e. The predicted molar refractivity (Wildman–Crippen MR) is 84.4 cm³/mol. The third-order valence-electron chi connectivity index (χ3n) is 3.88. The molecule has 0 bridgehead atoms. The number of benzene rings is 1. The van der Waals surface area contributed by atoms with Crippen molar-refractivity contribution in [2.45, 2.75) is 32.9 Å². The van der Waals surface area contributed by atoms with Gasteiger partial charge in [0.25, 0.3) is 0 Å². The summed E-state index contributed by atoms with van der Waals surface area (Å²) in [6.45, 7) is 10.4. The highest BCUT2D eigenvalue weighted by molar-refractivity contribution is 5.81. The highest BCUT2D eigenvalue weighted by Gasteiger charge is 2.25. The van der Waals surface area contributed by atoms with Gasteiger partial charge in [-0.25, -0.2) is 0 Å². The number of rotatable bonds is 6. The van der Waals surface area contributed by atoms with Gasteiger partial charge in [0.1, 0.15) is 5.75 Å². The van der Waals surface area contributed by atoms with Crippen molar-refractivity contribution >= 4 is 5.91 Å². The first-order chi connectivity index (χ1) is 10.2. The lowest BCUT2D eigenvalue weighted by atomic mass is 9.98. The number of nitrogens with one attached hydrogen (secondary N) is 1. The Morgan fingerprint density at radius 1 is 1.52 bits per heavy atom. The molecule has 0 aliphatic carbocycles. The van der Waals surface area contributed by atoms with Gasteiger partial charge in [0.15, 0.2) is 0 Å². The van der Waals surface area contributed by atoms with E-state index in [1.54, 1.807) is 6.08 Å². The smallest absolute Gasteiger partial charge is 0.237 e. The minimum Gasteiger partial charge on any atom is -0.494 e. The molecule has 1 atom stereocenters. The Morgan fingerprint density at radius 3 is 3.05 bits per heavy atom. The number of fused-ring (bicyclic) bond motifs is 1. The summed E-state index contributed by atoms with van der Waals surface area (Å²) in [6.07, 6.45) is 2.67. The van der Waals surface area contributed by atoms with Crippen molar-refractivity contribution in [2.75, 3.05) is 19.7 Å². The maximum atomic E-state index is 12.1. The molecule has 0 unspecified atom stereocenters. The molecule has 114 valence electrons. The first-order valence-corrected chi connectivity index (χ1v) is 7.53. The zero-order valence-electron chi connectivity index (χ0n) is 12.9. The van der Waals surface area contributed by atoms with Gasteiger partial charge in [-0.3, -0.25) is 9.69 Å². The molecule has 1 amide bonds. The van der Waals surface area contributed by atoms with Crippen molar-refractivity contribution in [1.82, 2.24) is 10.2 Å². The number of carbonyl (C=O) groups excluding carboxylic acids is 1. The third kappa shape index (κ3) is 3.85. The lowest BCUT2D eigenvalue weighted by molar-refractivity contribution is -0.126. The highest BCUT2D eigenvalue weighted by Crippen LogP contribution is 2.25. The van der Waals surface area contributed by atoms with E-state index in [0.29, 0.717) is 13.2 Å². The molecular weight excluding hydrogens is 264 g/mol. The molecule has 1 aliphatic rings. The molecule has 0 saturated carbocycles. The lowest BCUT2D eigenvalue weighted by Gasteiger charge is -2.33. The third-order valence-corrected chi connectivity index (χ3v) is 3.88. The molecule has 0 fully saturated rings. The predicted octanol–water partition coefficient (Wildman–Crippen LogP) is 2.13. The van der Waals surface area contributed by atoms with Crippen LogP contribution in [0.2, 0.25) is 0 Å². The van der Waals surface area contributed by atoms with E-state index in [4.69, 9.17) is 4.74 Å². The molecule has 1 aromatic carbocycles. The minimum atomic E-state index is -0.131. The van der Waals surface area contributed by atoms with Gasteiger partial charge in [-0.1, -0.05) is 12.1 Å². The van der Waals surface area contributed by atoms with Gasteiger partial charge in [0, 0.05) is 19.6 Å². The van der Waals surface area contributed by atoms with Gasteiger partial charge in [-0.15, -0.1) is 6.58 Å². The Hall–Kier alpha value is -1.81. The Kier molecular flexibility index (Phi) is 5.39. The molecule has 1 heterocycles. The molecule has 1 aromatic rings. The summed E-state index contributed by atoms with van der Waals surface area (Å²) >= 11 is 0. The van der Waals surface area contributed by atoms with Crippen LogP contribution in [0.25, 0.3) is 0 Å². The Balaban J connectivity index is 2.05. The number of hydrogen-bond acceptors (Lipinski definition) is 3. The number of ether oxygens (including phenoxy) is 1. The van der Waals surface area contributed by atoms with Gasteiger partial charge in [0.2, 0.25) is 5.91 Å². The number of carbonyl (C=O) groups is 1. The van der Waals surface area contributed by atoms with Crippen LogP contribution in [0.4, 0.5) is 0 Å². The maximum absolute atomic E-state index is 12.1. The van der Waals surface area contributed by atoms with E-state index < -0.39 is 0 Å². The van der Waals surface area contributed by atoms with E-state index in [0.717, 1.165) is 25.3 Å². The summed E-state index contributed by atoms with van der Waals surface area (Å²) in [4.78, 5) is 14.3. The molecular formula is C17H24N2O2. The van der Waals surface area contributed by atoms with E-state index in [1.807, 2.05) is 19.9 Å². The average molecular weight is 288 g/mol. The van der Waals surface area contributed by atoms with Crippen LogP contribution in [-0.2, 0) is 17.8 Å². The molecule has 4 heteroatoms. The first-order valence-electron chi connectivity index (χ1n) is 7.53. The van der Waals surface area contributed by atoms with Crippen LogP contribution in [0.1, 0.15) is 25.0 Å². The highest BCUT2D eigenvalue weighted by atomic mass is 16.5. The first kappa shape index (κ1) is 15.6. The SMILES string of the molecule is C=CCNC(=O)[C@H](C)N1CCc2ccc(OCC)cc2C1. The molecule has 1 N–H and O–H groups in total. The van der Waals surface area contributed by atoms with E-state index in [1.165, 1.54) is 11.1 Å². The van der Waals surface area contributed by atoms with Crippen molar-refractivity contribution in [3.63, 3.8) is 0 Å². The van der Waals surface area contributed by atoms with Crippen molar-refractivity contribution in [3.8, 4) is 5.75 Å².